The molecule has 0 spiro atoms. The van der Waals surface area contributed by atoms with Crippen LogP contribution in [0.15, 0.2) is 72.5 Å². The summed E-state index contributed by atoms with van der Waals surface area (Å²) in [6.07, 6.45) is 5.39. The van der Waals surface area contributed by atoms with Crippen molar-refractivity contribution in [3.8, 4) is 28.4 Å². The Balaban J connectivity index is 1.37. The van der Waals surface area contributed by atoms with Crippen molar-refractivity contribution in [2.45, 2.75) is 37.6 Å². The summed E-state index contributed by atoms with van der Waals surface area (Å²) >= 11 is 0. The first kappa shape index (κ1) is 27.6. The molecule has 0 aromatic heterocycles. The summed E-state index contributed by atoms with van der Waals surface area (Å²) in [5.74, 6) is 1.37. The van der Waals surface area contributed by atoms with Gasteiger partial charge in [0, 0.05) is 23.9 Å². The number of hydrogen-bond donors (Lipinski definition) is 1. The Bertz CT molecular complexity index is 1570. The molecule has 2 atom stereocenters. The minimum absolute atomic E-state index is 0.0154. The summed E-state index contributed by atoms with van der Waals surface area (Å²) in [5, 5.41) is 3.30. The zero-order chi connectivity index (χ0) is 29.4. The van der Waals surface area contributed by atoms with E-state index in [0.29, 0.717) is 42.3 Å². The van der Waals surface area contributed by atoms with Crippen molar-refractivity contribution in [2.24, 2.45) is 5.92 Å². The number of amides is 1. The highest BCUT2D eigenvalue weighted by Crippen LogP contribution is 2.50. The van der Waals surface area contributed by atoms with Crippen LogP contribution in [0.1, 0.15) is 47.4 Å². The van der Waals surface area contributed by atoms with Gasteiger partial charge in [-0.3, -0.25) is 9.59 Å². The van der Waals surface area contributed by atoms with Gasteiger partial charge in [0.05, 0.1) is 40.8 Å². The van der Waals surface area contributed by atoms with Gasteiger partial charge in [0.1, 0.15) is 11.5 Å². The molecule has 0 fully saturated rings. The predicted molar refractivity (Wildman–Crippen MR) is 161 cm³/mol. The Labute approximate surface area is 246 Å². The number of methoxy groups -OCH3 is 4. The van der Waals surface area contributed by atoms with Crippen LogP contribution in [0.3, 0.4) is 0 Å². The first-order valence-electron chi connectivity index (χ1n) is 14.3. The van der Waals surface area contributed by atoms with Gasteiger partial charge in [0.2, 0.25) is 11.7 Å². The average molecular weight is 566 g/mol. The monoisotopic (exact) mass is 565 g/mol. The van der Waals surface area contributed by atoms with Gasteiger partial charge in [-0.25, -0.2) is 0 Å². The van der Waals surface area contributed by atoms with Crippen LogP contribution in [0.25, 0.3) is 16.7 Å². The SMILES string of the molecule is COC1=CC=C2c3c(cc(OC)c(OC)c3OC)CCC(NC(=O)CC3c4ccccc4-c4ccccc43)C2C(=O)C1. The smallest absolute Gasteiger partial charge is 0.221 e. The third-order valence-electron chi connectivity index (χ3n) is 8.77. The molecule has 0 saturated carbocycles. The van der Waals surface area contributed by atoms with Crippen molar-refractivity contribution in [3.05, 3.63) is 94.8 Å². The number of benzene rings is 3. The van der Waals surface area contributed by atoms with E-state index >= 15 is 0 Å². The summed E-state index contributed by atoms with van der Waals surface area (Å²) in [5.41, 5.74) is 7.22. The topological polar surface area (TPSA) is 83.1 Å². The van der Waals surface area contributed by atoms with E-state index in [4.69, 9.17) is 18.9 Å². The quantitative estimate of drug-likeness (QED) is 0.387. The Hall–Kier alpha value is -4.52. The number of carbonyl (C=O) groups excluding carboxylic acids is 2. The molecule has 216 valence electrons. The fourth-order valence-electron chi connectivity index (χ4n) is 6.91. The van der Waals surface area contributed by atoms with E-state index in [1.165, 1.54) is 11.1 Å². The number of ether oxygens (including phenoxy) is 4. The van der Waals surface area contributed by atoms with Gasteiger partial charge in [-0.1, -0.05) is 54.6 Å². The van der Waals surface area contributed by atoms with Gasteiger partial charge in [0.15, 0.2) is 11.5 Å². The maximum Gasteiger partial charge on any atom is 0.221 e. The molecule has 0 aliphatic heterocycles. The minimum Gasteiger partial charge on any atom is -0.501 e. The first-order chi connectivity index (χ1) is 20.5. The Morgan fingerprint density at radius 3 is 2.14 bits per heavy atom. The number of nitrogens with one attached hydrogen (secondary N) is 1. The number of ketones is 1. The fraction of sp³-hybridized carbons (Fsp3) is 0.314. The summed E-state index contributed by atoms with van der Waals surface area (Å²) < 4.78 is 22.7. The number of aryl methyl sites for hydroxylation is 1. The summed E-state index contributed by atoms with van der Waals surface area (Å²) in [6, 6.07) is 18.1. The van der Waals surface area contributed by atoms with Crippen molar-refractivity contribution in [2.75, 3.05) is 28.4 Å². The highest BCUT2D eigenvalue weighted by molar-refractivity contribution is 5.99. The van der Waals surface area contributed by atoms with Crippen molar-refractivity contribution in [3.63, 3.8) is 0 Å². The molecule has 0 heterocycles. The van der Waals surface area contributed by atoms with Gasteiger partial charge in [-0.05, 0) is 58.4 Å². The first-order valence-corrected chi connectivity index (χ1v) is 14.3. The molecular formula is C35H35NO6. The zero-order valence-corrected chi connectivity index (χ0v) is 24.4. The standard InChI is InChI=1S/C35H35NO6/c1-39-21-14-15-26-32-20(17-30(40-2)34(41-3)35(32)42-4)13-16-28(33(26)29(37)18-21)36-31(38)19-27-24-11-7-5-9-22(24)23-10-6-8-12-25(23)27/h5-12,14-15,17,27-28,33H,13,16,18-19H2,1-4H3,(H,36,38). The second kappa shape index (κ2) is 11.4. The average Bonchev–Trinajstić information content (AvgIpc) is 3.11. The van der Waals surface area contributed by atoms with Gasteiger partial charge < -0.3 is 24.3 Å². The van der Waals surface area contributed by atoms with Crippen LogP contribution < -0.4 is 19.5 Å². The second-order valence-electron chi connectivity index (χ2n) is 10.9. The lowest BCUT2D eigenvalue weighted by Crippen LogP contribution is -2.43. The maximum absolute atomic E-state index is 13.9. The third-order valence-corrected chi connectivity index (χ3v) is 8.77. The summed E-state index contributed by atoms with van der Waals surface area (Å²) in [4.78, 5) is 27.8. The molecular weight excluding hydrogens is 530 g/mol. The van der Waals surface area contributed by atoms with Crippen LogP contribution in [-0.2, 0) is 20.7 Å². The Morgan fingerprint density at radius 1 is 0.857 bits per heavy atom. The molecule has 3 aliphatic carbocycles. The van der Waals surface area contributed by atoms with E-state index in [0.717, 1.165) is 27.8 Å². The molecule has 7 heteroatoms. The molecule has 0 saturated heterocycles. The van der Waals surface area contributed by atoms with E-state index in [1.807, 2.05) is 42.5 Å². The molecule has 7 nitrogen and oxygen atoms in total. The van der Waals surface area contributed by atoms with E-state index < -0.39 is 12.0 Å². The van der Waals surface area contributed by atoms with E-state index in [-0.39, 0.29) is 24.0 Å². The molecule has 3 aliphatic rings. The molecule has 6 rings (SSSR count). The zero-order valence-electron chi connectivity index (χ0n) is 24.4. The lowest BCUT2D eigenvalue weighted by atomic mass is 9.83. The van der Waals surface area contributed by atoms with Crippen molar-refractivity contribution >= 4 is 17.3 Å². The molecule has 3 aromatic rings. The number of carbonyl (C=O) groups is 2. The van der Waals surface area contributed by atoms with Gasteiger partial charge in [-0.2, -0.15) is 0 Å². The van der Waals surface area contributed by atoms with Crippen LogP contribution in [0.2, 0.25) is 0 Å². The number of fused-ring (bicyclic) bond motifs is 6. The number of hydrogen-bond acceptors (Lipinski definition) is 6. The van der Waals surface area contributed by atoms with Crippen molar-refractivity contribution < 1.29 is 28.5 Å². The summed E-state index contributed by atoms with van der Waals surface area (Å²) in [7, 11) is 6.31. The van der Waals surface area contributed by atoms with Crippen LogP contribution in [0.4, 0.5) is 0 Å². The van der Waals surface area contributed by atoms with Crippen molar-refractivity contribution in [1.29, 1.82) is 0 Å². The van der Waals surface area contributed by atoms with Gasteiger partial charge >= 0.3 is 0 Å². The third kappa shape index (κ3) is 4.63. The Morgan fingerprint density at radius 2 is 1.52 bits per heavy atom. The lowest BCUT2D eigenvalue weighted by molar-refractivity contribution is -0.124. The maximum atomic E-state index is 13.9. The fourth-order valence-corrected chi connectivity index (χ4v) is 6.91. The van der Waals surface area contributed by atoms with E-state index in [2.05, 4.69) is 29.6 Å². The Kier molecular flexibility index (Phi) is 7.50. The van der Waals surface area contributed by atoms with Crippen LogP contribution >= 0.6 is 0 Å². The van der Waals surface area contributed by atoms with Gasteiger partial charge in [-0.15, -0.1) is 0 Å². The molecule has 0 radical (unpaired) electrons. The van der Waals surface area contributed by atoms with Crippen LogP contribution in [0, 0.1) is 5.92 Å². The highest BCUT2D eigenvalue weighted by atomic mass is 16.5. The molecule has 2 unspecified atom stereocenters. The van der Waals surface area contributed by atoms with Crippen LogP contribution in [0.5, 0.6) is 17.2 Å². The molecule has 0 bridgehead atoms. The molecule has 1 amide bonds. The second-order valence-corrected chi connectivity index (χ2v) is 10.9. The molecule has 1 N–H and O–H groups in total. The van der Waals surface area contributed by atoms with Crippen LogP contribution in [-0.4, -0.2) is 46.2 Å². The minimum atomic E-state index is -0.589. The molecule has 3 aromatic carbocycles. The number of Topliss-reactive ketones (excluding diaryl/α,β-unsaturated/α-hetero) is 1. The number of allylic oxidation sites excluding steroid dienone is 3. The summed E-state index contributed by atoms with van der Waals surface area (Å²) in [6.45, 7) is 0. The molecule has 42 heavy (non-hydrogen) atoms. The van der Waals surface area contributed by atoms with Crippen molar-refractivity contribution in [1.82, 2.24) is 5.32 Å². The highest BCUT2D eigenvalue weighted by Gasteiger charge is 2.40. The normalized spacial score (nSPS) is 19.1. The largest absolute Gasteiger partial charge is 0.501 e. The predicted octanol–water partition coefficient (Wildman–Crippen LogP) is 5.85. The van der Waals surface area contributed by atoms with Gasteiger partial charge in [0.25, 0.3) is 0 Å². The lowest BCUT2D eigenvalue weighted by Gasteiger charge is -2.28. The number of rotatable bonds is 7. The van der Waals surface area contributed by atoms with E-state index in [1.54, 1.807) is 28.4 Å². The van der Waals surface area contributed by atoms with E-state index in [9.17, 15) is 9.59 Å².